The van der Waals surface area contributed by atoms with Gasteiger partial charge in [-0.25, -0.2) is 9.37 Å². The van der Waals surface area contributed by atoms with Crippen molar-refractivity contribution in [1.82, 2.24) is 14.5 Å². The van der Waals surface area contributed by atoms with Gasteiger partial charge in [-0.3, -0.25) is 4.90 Å². The molecule has 0 N–H and O–H groups in total. The smallest absolute Gasteiger partial charge is 0.226 e. The van der Waals surface area contributed by atoms with Gasteiger partial charge in [0.15, 0.2) is 11.6 Å². The van der Waals surface area contributed by atoms with Crippen LogP contribution in [0.15, 0.2) is 40.9 Å². The Morgan fingerprint density at radius 3 is 2.93 bits per heavy atom. The van der Waals surface area contributed by atoms with E-state index in [1.165, 1.54) is 18.9 Å². The fourth-order valence-corrected chi connectivity index (χ4v) is 3.85. The van der Waals surface area contributed by atoms with Crippen LogP contribution in [-0.4, -0.2) is 28.1 Å². The zero-order valence-electron chi connectivity index (χ0n) is 15.9. The number of aromatic nitrogens is 2. The molecule has 4 rings (SSSR count). The van der Waals surface area contributed by atoms with Crippen molar-refractivity contribution < 1.29 is 13.5 Å². The first-order valence-electron chi connectivity index (χ1n) is 9.30. The maximum atomic E-state index is 13.7. The normalized spacial score (nSPS) is 17.1. The monoisotopic (exact) mass is 369 g/mol. The van der Waals surface area contributed by atoms with E-state index in [9.17, 15) is 4.39 Å². The van der Waals surface area contributed by atoms with Crippen LogP contribution in [0.5, 0.6) is 5.75 Å². The van der Waals surface area contributed by atoms with Gasteiger partial charge in [-0.05, 0) is 43.7 Å². The zero-order valence-corrected chi connectivity index (χ0v) is 15.9. The number of oxazole rings is 1. The number of ether oxygens (including phenoxy) is 1. The Balaban J connectivity index is 1.59. The summed E-state index contributed by atoms with van der Waals surface area (Å²) in [5, 5.41) is 0. The van der Waals surface area contributed by atoms with Gasteiger partial charge in [0.1, 0.15) is 5.76 Å². The number of hydrogen-bond donors (Lipinski definition) is 0. The molecular weight excluding hydrogens is 345 g/mol. The molecule has 0 radical (unpaired) electrons. The van der Waals surface area contributed by atoms with Gasteiger partial charge in [0.25, 0.3) is 0 Å². The van der Waals surface area contributed by atoms with Crippen molar-refractivity contribution in [1.29, 1.82) is 0 Å². The molecule has 142 valence electrons. The molecule has 1 aromatic carbocycles. The Labute approximate surface area is 158 Å². The number of halogens is 1. The molecule has 0 fully saturated rings. The van der Waals surface area contributed by atoms with Crippen LogP contribution < -0.4 is 4.74 Å². The molecule has 1 atom stereocenters. The topological polar surface area (TPSA) is 43.4 Å². The van der Waals surface area contributed by atoms with E-state index >= 15 is 0 Å². The van der Waals surface area contributed by atoms with Crippen LogP contribution in [0.4, 0.5) is 4.39 Å². The molecule has 5 nitrogen and oxygen atoms in total. The minimum Gasteiger partial charge on any atom is -0.494 e. The van der Waals surface area contributed by atoms with E-state index < -0.39 is 5.82 Å². The average molecular weight is 369 g/mol. The summed E-state index contributed by atoms with van der Waals surface area (Å²) in [5.74, 6) is 1.08. The average Bonchev–Trinajstić information content (AvgIpc) is 3.29. The van der Waals surface area contributed by atoms with Gasteiger partial charge < -0.3 is 13.7 Å². The summed E-state index contributed by atoms with van der Waals surface area (Å²) in [6, 6.07) is 9.34. The van der Waals surface area contributed by atoms with Crippen LogP contribution in [-0.2, 0) is 13.1 Å². The zero-order chi connectivity index (χ0) is 19.0. The van der Waals surface area contributed by atoms with Crippen LogP contribution in [0.1, 0.15) is 36.5 Å². The number of hydrogen-bond acceptors (Lipinski definition) is 4. The standard InChI is InChI=1S/C21H24FN3O2/c1-4-18-19-6-5-9-24(19)10-11-25(18)13-17-14(2)27-21(23-17)15-7-8-16(22)20(12-15)26-3/h5-9,12,18H,4,10-11,13H2,1-3H3. The van der Waals surface area contributed by atoms with Crippen molar-refractivity contribution in [3.05, 3.63) is 59.5 Å². The molecule has 1 aliphatic rings. The highest BCUT2D eigenvalue weighted by atomic mass is 19.1. The number of fused-ring (bicyclic) bond motifs is 1. The van der Waals surface area contributed by atoms with Crippen molar-refractivity contribution in [2.24, 2.45) is 0 Å². The van der Waals surface area contributed by atoms with E-state index in [1.807, 2.05) is 6.92 Å². The lowest BCUT2D eigenvalue weighted by molar-refractivity contribution is 0.142. The maximum absolute atomic E-state index is 13.7. The van der Waals surface area contributed by atoms with Gasteiger partial charge in [-0.1, -0.05) is 6.92 Å². The molecule has 0 spiro atoms. The molecule has 3 aromatic rings. The Kier molecular flexibility index (Phi) is 4.74. The van der Waals surface area contributed by atoms with Crippen molar-refractivity contribution >= 4 is 0 Å². The van der Waals surface area contributed by atoms with E-state index in [2.05, 4.69) is 34.7 Å². The molecule has 0 saturated carbocycles. The first-order chi connectivity index (χ1) is 13.1. The summed E-state index contributed by atoms with van der Waals surface area (Å²) in [6.07, 6.45) is 3.19. The summed E-state index contributed by atoms with van der Waals surface area (Å²) in [6.45, 7) is 6.84. The number of rotatable bonds is 5. The molecule has 1 aliphatic heterocycles. The molecule has 27 heavy (non-hydrogen) atoms. The molecule has 0 aliphatic carbocycles. The van der Waals surface area contributed by atoms with Crippen LogP contribution in [0.3, 0.4) is 0 Å². The first kappa shape index (κ1) is 17.8. The van der Waals surface area contributed by atoms with Crippen molar-refractivity contribution in [2.45, 2.75) is 39.4 Å². The second kappa shape index (κ2) is 7.19. The third-order valence-corrected chi connectivity index (χ3v) is 5.31. The highest BCUT2D eigenvalue weighted by Gasteiger charge is 2.27. The van der Waals surface area contributed by atoms with Gasteiger partial charge in [-0.15, -0.1) is 0 Å². The highest BCUT2D eigenvalue weighted by molar-refractivity contribution is 5.56. The predicted octanol–water partition coefficient (Wildman–Crippen LogP) is 4.57. The van der Waals surface area contributed by atoms with E-state index in [0.717, 1.165) is 37.5 Å². The van der Waals surface area contributed by atoms with Gasteiger partial charge in [0.2, 0.25) is 5.89 Å². The largest absolute Gasteiger partial charge is 0.494 e. The highest BCUT2D eigenvalue weighted by Crippen LogP contribution is 2.32. The van der Waals surface area contributed by atoms with Gasteiger partial charge in [0, 0.05) is 37.1 Å². The summed E-state index contributed by atoms with van der Waals surface area (Å²) < 4.78 is 26.9. The molecule has 6 heteroatoms. The second-order valence-corrected chi connectivity index (χ2v) is 6.89. The van der Waals surface area contributed by atoms with Crippen LogP contribution >= 0.6 is 0 Å². The van der Waals surface area contributed by atoms with Crippen LogP contribution in [0, 0.1) is 12.7 Å². The number of benzene rings is 1. The third kappa shape index (κ3) is 3.25. The summed E-state index contributed by atoms with van der Waals surface area (Å²) >= 11 is 0. The number of methoxy groups -OCH3 is 1. The van der Waals surface area contributed by atoms with Crippen LogP contribution in [0.25, 0.3) is 11.5 Å². The van der Waals surface area contributed by atoms with Crippen LogP contribution in [0.2, 0.25) is 0 Å². The minimum absolute atomic E-state index is 0.188. The van der Waals surface area contributed by atoms with E-state index in [-0.39, 0.29) is 5.75 Å². The minimum atomic E-state index is -0.396. The Morgan fingerprint density at radius 2 is 2.15 bits per heavy atom. The number of aryl methyl sites for hydroxylation is 1. The first-order valence-corrected chi connectivity index (χ1v) is 9.30. The van der Waals surface area contributed by atoms with E-state index in [0.29, 0.717) is 17.5 Å². The molecule has 0 saturated heterocycles. The summed E-state index contributed by atoms with van der Waals surface area (Å²) in [7, 11) is 1.45. The molecule has 0 bridgehead atoms. The lowest BCUT2D eigenvalue weighted by Gasteiger charge is -2.36. The van der Waals surface area contributed by atoms with Gasteiger partial charge in [-0.2, -0.15) is 0 Å². The van der Waals surface area contributed by atoms with Crippen molar-refractivity contribution in [3.8, 4) is 17.2 Å². The SMILES string of the molecule is CCC1c2cccn2CCN1Cc1nc(-c2ccc(F)c(OC)c2)oc1C. The number of nitrogens with zero attached hydrogens (tertiary/aromatic N) is 3. The predicted molar refractivity (Wildman–Crippen MR) is 101 cm³/mol. The fraction of sp³-hybridized carbons (Fsp3) is 0.381. The van der Waals surface area contributed by atoms with E-state index in [1.54, 1.807) is 12.1 Å². The molecule has 3 heterocycles. The third-order valence-electron chi connectivity index (χ3n) is 5.31. The lowest BCUT2D eigenvalue weighted by Crippen LogP contribution is -2.37. The van der Waals surface area contributed by atoms with Gasteiger partial charge in [0.05, 0.1) is 18.8 Å². The second-order valence-electron chi connectivity index (χ2n) is 6.89. The van der Waals surface area contributed by atoms with Crippen molar-refractivity contribution in [2.75, 3.05) is 13.7 Å². The van der Waals surface area contributed by atoms with Crippen molar-refractivity contribution in [3.63, 3.8) is 0 Å². The quantitative estimate of drug-likeness (QED) is 0.661. The van der Waals surface area contributed by atoms with Gasteiger partial charge >= 0.3 is 0 Å². The van der Waals surface area contributed by atoms with E-state index in [4.69, 9.17) is 14.1 Å². The maximum Gasteiger partial charge on any atom is 0.226 e. The summed E-state index contributed by atoms with van der Waals surface area (Å²) in [5.41, 5.74) is 2.99. The summed E-state index contributed by atoms with van der Waals surface area (Å²) in [4.78, 5) is 7.15. The molecule has 2 aromatic heterocycles. The lowest BCUT2D eigenvalue weighted by atomic mass is 10.1. The Hall–Kier alpha value is -2.60. The molecule has 0 amide bonds. The Morgan fingerprint density at radius 1 is 1.30 bits per heavy atom. The molecular formula is C21H24FN3O2. The molecule has 1 unspecified atom stereocenters. The fourth-order valence-electron chi connectivity index (χ4n) is 3.85. The Bertz CT molecular complexity index is 947.